The summed E-state index contributed by atoms with van der Waals surface area (Å²) in [5.41, 5.74) is 1.15. The molecule has 1 saturated heterocycles. The molecule has 0 bridgehead atoms. The van der Waals surface area contributed by atoms with Gasteiger partial charge in [0, 0.05) is 19.0 Å². The van der Waals surface area contributed by atoms with Crippen LogP contribution in [0.1, 0.15) is 18.9 Å². The third-order valence-electron chi connectivity index (χ3n) is 3.24. The zero-order valence-electron chi connectivity index (χ0n) is 10.4. The van der Waals surface area contributed by atoms with Crippen LogP contribution in [0.25, 0.3) is 0 Å². The molecule has 1 aliphatic heterocycles. The normalized spacial score (nSPS) is 17.2. The van der Waals surface area contributed by atoms with Gasteiger partial charge in [0.05, 0.1) is 0 Å². The van der Waals surface area contributed by atoms with Gasteiger partial charge in [-0.1, -0.05) is 37.3 Å². The Morgan fingerprint density at radius 2 is 2.06 bits per heavy atom. The number of hydrogen-bond donors (Lipinski definition) is 1. The van der Waals surface area contributed by atoms with Gasteiger partial charge in [-0.05, 0) is 25.1 Å². The second-order valence-corrected chi connectivity index (χ2v) is 4.76. The number of hydrogen-bond acceptors (Lipinski definition) is 2. The minimum absolute atomic E-state index is 0.0824. The Balaban J connectivity index is 1.72. The van der Waals surface area contributed by atoms with E-state index in [2.05, 4.69) is 10.2 Å². The highest BCUT2D eigenvalue weighted by Crippen LogP contribution is 2.09. The van der Waals surface area contributed by atoms with Crippen molar-refractivity contribution in [2.75, 3.05) is 19.6 Å². The van der Waals surface area contributed by atoms with Crippen LogP contribution in [0.2, 0.25) is 0 Å². The molecule has 1 unspecified atom stereocenters. The minimum atomic E-state index is 0.0824. The summed E-state index contributed by atoms with van der Waals surface area (Å²) in [6.45, 7) is 5.82. The predicted molar refractivity (Wildman–Crippen MR) is 68.5 cm³/mol. The lowest BCUT2D eigenvalue weighted by molar-refractivity contribution is -0.125. The standard InChI is InChI=1S/C14H20N2O/c1-12(11-16-8-5-9-16)14(17)15-10-13-6-3-2-4-7-13/h2-4,6-7,12H,5,8-11H2,1H3,(H,15,17). The average Bonchev–Trinajstić information content (AvgIpc) is 2.32. The zero-order valence-corrected chi connectivity index (χ0v) is 10.4. The molecule has 1 amide bonds. The second kappa shape index (κ2) is 5.82. The summed E-state index contributed by atoms with van der Waals surface area (Å²) in [7, 11) is 0. The van der Waals surface area contributed by atoms with E-state index < -0.39 is 0 Å². The molecule has 3 heteroatoms. The molecule has 0 saturated carbocycles. The molecule has 0 aliphatic carbocycles. The van der Waals surface area contributed by atoms with Crippen LogP contribution in [0, 0.1) is 5.92 Å². The lowest BCUT2D eigenvalue weighted by atomic mass is 10.1. The number of rotatable bonds is 5. The molecule has 92 valence electrons. The summed E-state index contributed by atoms with van der Waals surface area (Å²) in [6, 6.07) is 10.0. The van der Waals surface area contributed by atoms with Crippen LogP contribution >= 0.6 is 0 Å². The first-order chi connectivity index (χ1) is 8.25. The van der Waals surface area contributed by atoms with E-state index in [0.717, 1.165) is 25.2 Å². The van der Waals surface area contributed by atoms with Gasteiger partial charge >= 0.3 is 0 Å². The third kappa shape index (κ3) is 3.56. The molecule has 2 rings (SSSR count). The molecular formula is C14H20N2O. The van der Waals surface area contributed by atoms with Crippen LogP contribution in [0.5, 0.6) is 0 Å². The molecule has 1 aliphatic rings. The molecule has 0 spiro atoms. The van der Waals surface area contributed by atoms with Gasteiger partial charge in [-0.25, -0.2) is 0 Å². The van der Waals surface area contributed by atoms with Crippen molar-refractivity contribution in [2.45, 2.75) is 19.9 Å². The monoisotopic (exact) mass is 232 g/mol. The molecule has 17 heavy (non-hydrogen) atoms. The highest BCUT2D eigenvalue weighted by Gasteiger charge is 2.20. The van der Waals surface area contributed by atoms with Crippen LogP contribution in [0.4, 0.5) is 0 Å². The van der Waals surface area contributed by atoms with Gasteiger partial charge in [-0.2, -0.15) is 0 Å². The van der Waals surface area contributed by atoms with E-state index in [0.29, 0.717) is 6.54 Å². The lowest BCUT2D eigenvalue weighted by Gasteiger charge is -2.32. The van der Waals surface area contributed by atoms with Crippen molar-refractivity contribution in [1.82, 2.24) is 10.2 Å². The van der Waals surface area contributed by atoms with Crippen LogP contribution < -0.4 is 5.32 Å². The van der Waals surface area contributed by atoms with E-state index in [1.54, 1.807) is 0 Å². The van der Waals surface area contributed by atoms with Gasteiger partial charge in [0.2, 0.25) is 5.91 Å². The zero-order chi connectivity index (χ0) is 12.1. The smallest absolute Gasteiger partial charge is 0.224 e. The Labute approximate surface area is 103 Å². The minimum Gasteiger partial charge on any atom is -0.352 e. The van der Waals surface area contributed by atoms with Crippen molar-refractivity contribution in [3.8, 4) is 0 Å². The highest BCUT2D eigenvalue weighted by atomic mass is 16.1. The Kier molecular flexibility index (Phi) is 4.15. The fraction of sp³-hybridized carbons (Fsp3) is 0.500. The first-order valence-corrected chi connectivity index (χ1v) is 6.29. The van der Waals surface area contributed by atoms with Crippen LogP contribution in [0.3, 0.4) is 0 Å². The first-order valence-electron chi connectivity index (χ1n) is 6.29. The fourth-order valence-electron chi connectivity index (χ4n) is 1.99. The van der Waals surface area contributed by atoms with E-state index in [4.69, 9.17) is 0 Å². The highest BCUT2D eigenvalue weighted by molar-refractivity contribution is 5.78. The van der Waals surface area contributed by atoms with Crippen molar-refractivity contribution >= 4 is 5.91 Å². The Morgan fingerprint density at radius 3 is 2.65 bits per heavy atom. The number of likely N-dealkylation sites (tertiary alicyclic amines) is 1. The summed E-state index contributed by atoms with van der Waals surface area (Å²) < 4.78 is 0. The Hall–Kier alpha value is -1.35. The van der Waals surface area contributed by atoms with Crippen molar-refractivity contribution in [1.29, 1.82) is 0 Å². The van der Waals surface area contributed by atoms with Gasteiger partial charge in [0.15, 0.2) is 0 Å². The molecule has 0 aromatic heterocycles. The summed E-state index contributed by atoms with van der Waals surface area (Å²) >= 11 is 0. The largest absolute Gasteiger partial charge is 0.352 e. The van der Waals surface area contributed by atoms with Gasteiger partial charge in [-0.3, -0.25) is 4.79 Å². The molecule has 1 aromatic rings. The maximum absolute atomic E-state index is 11.9. The maximum atomic E-state index is 11.9. The number of benzene rings is 1. The van der Waals surface area contributed by atoms with Crippen LogP contribution in [-0.2, 0) is 11.3 Å². The number of carbonyl (C=O) groups is 1. The fourth-order valence-corrected chi connectivity index (χ4v) is 1.99. The van der Waals surface area contributed by atoms with Crippen molar-refractivity contribution in [2.24, 2.45) is 5.92 Å². The Bertz CT molecular complexity index is 360. The summed E-state index contributed by atoms with van der Waals surface area (Å²) in [5.74, 6) is 0.236. The van der Waals surface area contributed by atoms with E-state index in [1.165, 1.54) is 6.42 Å². The average molecular weight is 232 g/mol. The second-order valence-electron chi connectivity index (χ2n) is 4.76. The maximum Gasteiger partial charge on any atom is 0.224 e. The topological polar surface area (TPSA) is 32.3 Å². The molecule has 1 heterocycles. The third-order valence-corrected chi connectivity index (χ3v) is 3.24. The van der Waals surface area contributed by atoms with Crippen LogP contribution in [0.15, 0.2) is 30.3 Å². The Morgan fingerprint density at radius 1 is 1.35 bits per heavy atom. The first kappa shape index (κ1) is 12.1. The quantitative estimate of drug-likeness (QED) is 0.837. The van der Waals surface area contributed by atoms with Gasteiger partial charge < -0.3 is 10.2 Å². The molecule has 3 nitrogen and oxygen atoms in total. The number of amides is 1. The molecule has 1 fully saturated rings. The molecular weight excluding hydrogens is 212 g/mol. The van der Waals surface area contributed by atoms with E-state index >= 15 is 0 Å². The number of nitrogens with one attached hydrogen (secondary N) is 1. The SMILES string of the molecule is CC(CN1CCC1)C(=O)NCc1ccccc1. The van der Waals surface area contributed by atoms with E-state index in [-0.39, 0.29) is 11.8 Å². The van der Waals surface area contributed by atoms with Gasteiger partial charge in [0.25, 0.3) is 0 Å². The summed E-state index contributed by atoms with van der Waals surface area (Å²) in [6.07, 6.45) is 1.28. The van der Waals surface area contributed by atoms with Crippen molar-refractivity contribution in [3.05, 3.63) is 35.9 Å². The summed E-state index contributed by atoms with van der Waals surface area (Å²) in [5, 5.41) is 2.99. The van der Waals surface area contributed by atoms with Gasteiger partial charge in [-0.15, -0.1) is 0 Å². The molecule has 1 aromatic carbocycles. The lowest BCUT2D eigenvalue weighted by Crippen LogP contribution is -2.43. The van der Waals surface area contributed by atoms with Crippen LogP contribution in [-0.4, -0.2) is 30.4 Å². The predicted octanol–water partition coefficient (Wildman–Crippen LogP) is 1.64. The number of carbonyl (C=O) groups excluding carboxylic acids is 1. The van der Waals surface area contributed by atoms with Crippen molar-refractivity contribution in [3.63, 3.8) is 0 Å². The number of nitrogens with zero attached hydrogens (tertiary/aromatic N) is 1. The van der Waals surface area contributed by atoms with E-state index in [9.17, 15) is 4.79 Å². The van der Waals surface area contributed by atoms with Gasteiger partial charge in [0.1, 0.15) is 0 Å². The van der Waals surface area contributed by atoms with Crippen molar-refractivity contribution < 1.29 is 4.79 Å². The molecule has 1 N–H and O–H groups in total. The summed E-state index contributed by atoms with van der Waals surface area (Å²) in [4.78, 5) is 14.2. The molecule has 0 radical (unpaired) electrons. The van der Waals surface area contributed by atoms with E-state index in [1.807, 2.05) is 37.3 Å². The molecule has 1 atom stereocenters.